The second-order valence-electron chi connectivity index (χ2n) is 5.56. The molecular weight excluding hydrogens is 270 g/mol. The number of hydrogen-bond acceptors (Lipinski definition) is 3. The molecule has 0 aromatic heterocycles. The topological polar surface area (TPSA) is 66.8 Å². The summed E-state index contributed by atoms with van der Waals surface area (Å²) in [5, 5.41) is 8.84. The van der Waals surface area contributed by atoms with Gasteiger partial charge in [-0.15, -0.1) is 0 Å². The van der Waals surface area contributed by atoms with Crippen molar-refractivity contribution < 1.29 is 19.4 Å². The fraction of sp³-hybridized carbons (Fsp3) is 0.500. The normalized spacial score (nSPS) is 22.1. The Bertz CT molecular complexity index is 502. The number of carboxylic acids is 1. The van der Waals surface area contributed by atoms with Crippen LogP contribution >= 0.6 is 0 Å². The minimum atomic E-state index is -0.936. The summed E-state index contributed by atoms with van der Waals surface area (Å²) in [4.78, 5) is 24.8. The van der Waals surface area contributed by atoms with E-state index in [4.69, 9.17) is 9.84 Å². The van der Waals surface area contributed by atoms with E-state index in [1.165, 1.54) is 0 Å². The van der Waals surface area contributed by atoms with Crippen LogP contribution in [0.1, 0.15) is 36.2 Å². The van der Waals surface area contributed by atoms with Gasteiger partial charge in [-0.1, -0.05) is 12.1 Å². The number of rotatable bonds is 4. The number of nitrogens with zero attached hydrogens (tertiary/aromatic N) is 1. The monoisotopic (exact) mass is 291 g/mol. The smallest absolute Gasteiger partial charge is 0.335 e. The van der Waals surface area contributed by atoms with Crippen molar-refractivity contribution in [2.75, 3.05) is 13.1 Å². The first-order valence-electron chi connectivity index (χ1n) is 7.21. The lowest BCUT2D eigenvalue weighted by Gasteiger charge is -2.35. The van der Waals surface area contributed by atoms with Crippen LogP contribution in [0.15, 0.2) is 24.3 Å². The highest BCUT2D eigenvalue weighted by molar-refractivity contribution is 5.87. The minimum Gasteiger partial charge on any atom is -0.478 e. The maximum atomic E-state index is 12.2. The fourth-order valence-corrected chi connectivity index (χ4v) is 2.60. The zero-order chi connectivity index (χ0) is 15.4. The van der Waals surface area contributed by atoms with Crippen molar-refractivity contribution in [1.82, 2.24) is 4.90 Å². The SMILES string of the molecule is C[C@@H]1CN(C(=O)CCc2ccc(C(=O)O)cc2)C[C@H](C)O1. The van der Waals surface area contributed by atoms with E-state index in [1.807, 2.05) is 18.7 Å². The van der Waals surface area contributed by atoms with E-state index in [1.54, 1.807) is 24.3 Å². The average molecular weight is 291 g/mol. The third kappa shape index (κ3) is 4.29. The number of carboxylic acid groups (broad SMARTS) is 1. The Balaban J connectivity index is 1.87. The number of carbonyl (C=O) groups is 2. The average Bonchev–Trinajstić information content (AvgIpc) is 2.44. The first kappa shape index (κ1) is 15.5. The molecule has 1 N–H and O–H groups in total. The molecule has 5 nitrogen and oxygen atoms in total. The number of hydrogen-bond donors (Lipinski definition) is 1. The highest BCUT2D eigenvalue weighted by Gasteiger charge is 2.25. The van der Waals surface area contributed by atoms with E-state index in [0.29, 0.717) is 25.9 Å². The van der Waals surface area contributed by atoms with Gasteiger partial charge in [0.05, 0.1) is 17.8 Å². The lowest BCUT2D eigenvalue weighted by atomic mass is 10.1. The molecule has 0 saturated carbocycles. The molecule has 21 heavy (non-hydrogen) atoms. The third-order valence-electron chi connectivity index (χ3n) is 3.60. The molecule has 0 aliphatic carbocycles. The first-order chi connectivity index (χ1) is 9.95. The van der Waals surface area contributed by atoms with E-state index < -0.39 is 5.97 Å². The van der Waals surface area contributed by atoms with E-state index in [-0.39, 0.29) is 23.7 Å². The third-order valence-corrected chi connectivity index (χ3v) is 3.60. The summed E-state index contributed by atoms with van der Waals surface area (Å²) >= 11 is 0. The predicted molar refractivity (Wildman–Crippen MR) is 78.3 cm³/mol. The quantitative estimate of drug-likeness (QED) is 0.920. The molecule has 1 aromatic carbocycles. The standard InChI is InChI=1S/C16H21NO4/c1-11-9-17(10-12(2)21-11)15(18)8-5-13-3-6-14(7-4-13)16(19)20/h3-4,6-7,11-12H,5,8-10H2,1-2H3,(H,19,20)/t11-,12+. The summed E-state index contributed by atoms with van der Waals surface area (Å²) in [7, 11) is 0. The largest absolute Gasteiger partial charge is 0.478 e. The molecule has 0 bridgehead atoms. The Morgan fingerprint density at radius 1 is 1.19 bits per heavy atom. The summed E-state index contributed by atoms with van der Waals surface area (Å²) in [6.07, 6.45) is 1.21. The van der Waals surface area contributed by atoms with Crippen LogP contribution in [0.5, 0.6) is 0 Å². The molecule has 1 fully saturated rings. The van der Waals surface area contributed by atoms with Gasteiger partial charge in [0, 0.05) is 19.5 Å². The lowest BCUT2D eigenvalue weighted by Crippen LogP contribution is -2.48. The van der Waals surface area contributed by atoms with Crippen molar-refractivity contribution in [3.05, 3.63) is 35.4 Å². The van der Waals surface area contributed by atoms with Gasteiger partial charge in [-0.05, 0) is 38.0 Å². The molecule has 1 heterocycles. The van der Waals surface area contributed by atoms with Gasteiger partial charge in [0.1, 0.15) is 0 Å². The van der Waals surface area contributed by atoms with Gasteiger partial charge in [0.25, 0.3) is 0 Å². The molecule has 1 aromatic rings. The van der Waals surface area contributed by atoms with Crippen LogP contribution in [0.2, 0.25) is 0 Å². The molecule has 114 valence electrons. The van der Waals surface area contributed by atoms with Gasteiger partial charge in [0.15, 0.2) is 0 Å². The summed E-state index contributed by atoms with van der Waals surface area (Å²) in [5.74, 6) is -0.812. The van der Waals surface area contributed by atoms with E-state index >= 15 is 0 Å². The second-order valence-corrected chi connectivity index (χ2v) is 5.56. The Morgan fingerprint density at radius 3 is 2.29 bits per heavy atom. The number of aromatic carboxylic acids is 1. The number of benzene rings is 1. The Morgan fingerprint density at radius 2 is 1.76 bits per heavy atom. The first-order valence-corrected chi connectivity index (χ1v) is 7.21. The molecule has 5 heteroatoms. The van der Waals surface area contributed by atoms with Crippen molar-refractivity contribution >= 4 is 11.9 Å². The van der Waals surface area contributed by atoms with Gasteiger partial charge in [-0.2, -0.15) is 0 Å². The van der Waals surface area contributed by atoms with Crippen molar-refractivity contribution in [1.29, 1.82) is 0 Å². The Labute approximate surface area is 124 Å². The van der Waals surface area contributed by atoms with Crippen molar-refractivity contribution in [2.24, 2.45) is 0 Å². The Kier molecular flexibility index (Phi) is 4.96. The van der Waals surface area contributed by atoms with Crippen LogP contribution in [0.25, 0.3) is 0 Å². The van der Waals surface area contributed by atoms with Crippen molar-refractivity contribution in [2.45, 2.75) is 38.9 Å². The summed E-state index contributed by atoms with van der Waals surface area (Å²) < 4.78 is 5.62. The zero-order valence-corrected chi connectivity index (χ0v) is 12.4. The molecule has 1 amide bonds. The Hall–Kier alpha value is -1.88. The predicted octanol–water partition coefficient (Wildman–Crippen LogP) is 1.95. The number of amides is 1. The second kappa shape index (κ2) is 6.72. The maximum Gasteiger partial charge on any atom is 0.335 e. The summed E-state index contributed by atoms with van der Waals surface area (Å²) in [5.41, 5.74) is 1.24. The lowest BCUT2D eigenvalue weighted by molar-refractivity contribution is -0.143. The highest BCUT2D eigenvalue weighted by Crippen LogP contribution is 2.13. The van der Waals surface area contributed by atoms with Gasteiger partial charge in [0.2, 0.25) is 5.91 Å². The van der Waals surface area contributed by atoms with Crippen LogP contribution in [-0.2, 0) is 16.0 Å². The van der Waals surface area contributed by atoms with Crippen LogP contribution in [0.4, 0.5) is 0 Å². The van der Waals surface area contributed by atoms with Gasteiger partial charge >= 0.3 is 5.97 Å². The van der Waals surface area contributed by atoms with Gasteiger partial charge in [-0.25, -0.2) is 4.79 Å². The van der Waals surface area contributed by atoms with Gasteiger partial charge < -0.3 is 14.7 Å². The van der Waals surface area contributed by atoms with Crippen molar-refractivity contribution in [3.8, 4) is 0 Å². The van der Waals surface area contributed by atoms with Crippen LogP contribution in [0, 0.1) is 0 Å². The maximum absolute atomic E-state index is 12.2. The van der Waals surface area contributed by atoms with Crippen molar-refractivity contribution in [3.63, 3.8) is 0 Å². The molecular formula is C16H21NO4. The fourth-order valence-electron chi connectivity index (χ4n) is 2.60. The number of aryl methyl sites for hydroxylation is 1. The van der Waals surface area contributed by atoms with Crippen LogP contribution in [-0.4, -0.2) is 47.2 Å². The molecule has 1 aliphatic rings. The molecule has 1 aliphatic heterocycles. The molecule has 0 spiro atoms. The van der Waals surface area contributed by atoms with E-state index in [9.17, 15) is 9.59 Å². The van der Waals surface area contributed by atoms with Gasteiger partial charge in [-0.3, -0.25) is 4.79 Å². The summed E-state index contributed by atoms with van der Waals surface area (Å²) in [6, 6.07) is 6.67. The number of ether oxygens (including phenoxy) is 1. The molecule has 0 radical (unpaired) electrons. The molecule has 2 atom stereocenters. The van der Waals surface area contributed by atoms with Crippen LogP contribution in [0.3, 0.4) is 0 Å². The van der Waals surface area contributed by atoms with Crippen LogP contribution < -0.4 is 0 Å². The highest BCUT2D eigenvalue weighted by atomic mass is 16.5. The zero-order valence-electron chi connectivity index (χ0n) is 12.4. The molecule has 1 saturated heterocycles. The van der Waals surface area contributed by atoms with E-state index in [2.05, 4.69) is 0 Å². The molecule has 2 rings (SSSR count). The summed E-state index contributed by atoms with van der Waals surface area (Å²) in [6.45, 7) is 5.23. The number of carbonyl (C=O) groups excluding carboxylic acids is 1. The molecule has 0 unspecified atom stereocenters. The number of morpholine rings is 1. The van der Waals surface area contributed by atoms with E-state index in [0.717, 1.165) is 5.56 Å². The minimum absolute atomic E-state index is 0.0764.